The number of thiazole rings is 1. The highest BCUT2D eigenvalue weighted by Crippen LogP contribution is 2.24. The van der Waals surface area contributed by atoms with Crippen molar-refractivity contribution in [2.45, 2.75) is 5.38 Å². The van der Waals surface area contributed by atoms with Gasteiger partial charge in [-0.3, -0.25) is 9.59 Å². The second-order valence-electron chi connectivity index (χ2n) is 2.73. The van der Waals surface area contributed by atoms with E-state index in [1.54, 1.807) is 0 Å². The van der Waals surface area contributed by atoms with Gasteiger partial charge in [0.25, 0.3) is 5.24 Å². The van der Waals surface area contributed by atoms with Crippen LogP contribution in [0.2, 0.25) is 0 Å². The second kappa shape index (κ2) is 5.95. The lowest BCUT2D eigenvalue weighted by molar-refractivity contribution is -0.117. The first-order valence-corrected chi connectivity index (χ1v) is 5.87. The van der Waals surface area contributed by atoms with E-state index in [1.807, 2.05) is 0 Å². The molecule has 17 heavy (non-hydrogen) atoms. The predicted molar refractivity (Wildman–Crippen MR) is 64.3 cm³/mol. The van der Waals surface area contributed by atoms with Gasteiger partial charge in [-0.25, -0.2) is 4.98 Å². The minimum atomic E-state index is -1.05. The number of aromatic nitrogens is 1. The number of oxime groups is 1. The molecule has 0 aliphatic heterocycles. The lowest BCUT2D eigenvalue weighted by atomic mass is 10.3. The Morgan fingerprint density at radius 2 is 2.29 bits per heavy atom. The van der Waals surface area contributed by atoms with Crippen LogP contribution in [-0.2, 0) is 14.4 Å². The summed E-state index contributed by atoms with van der Waals surface area (Å²) in [5.41, 5.74) is 5.04. The highest BCUT2D eigenvalue weighted by Gasteiger charge is 2.22. The topological polar surface area (TPSA) is 94.6 Å². The summed E-state index contributed by atoms with van der Waals surface area (Å²) < 4.78 is 0. The molecule has 0 aromatic carbocycles. The summed E-state index contributed by atoms with van der Waals surface area (Å²) in [6, 6.07) is 0. The largest absolute Gasteiger partial charge is 0.398 e. The second-order valence-corrected chi connectivity index (χ2v) is 4.40. The molecular weight excluding hydrogens is 289 g/mol. The van der Waals surface area contributed by atoms with Crippen LogP contribution in [0.4, 0.5) is 0 Å². The third-order valence-electron chi connectivity index (χ3n) is 1.60. The van der Waals surface area contributed by atoms with Crippen LogP contribution in [-0.4, -0.2) is 29.0 Å². The third-order valence-corrected chi connectivity index (χ3v) is 3.24. The van der Waals surface area contributed by atoms with Crippen LogP contribution in [0.25, 0.3) is 0 Å². The fourth-order valence-electron chi connectivity index (χ4n) is 0.909. The van der Waals surface area contributed by atoms with Crippen molar-refractivity contribution in [3.8, 4) is 0 Å². The Labute approximate surface area is 110 Å². The molecule has 92 valence electrons. The van der Waals surface area contributed by atoms with Crippen LogP contribution in [0.15, 0.2) is 10.5 Å². The van der Waals surface area contributed by atoms with E-state index in [4.69, 9.17) is 28.9 Å². The van der Waals surface area contributed by atoms with Crippen molar-refractivity contribution >= 4 is 51.4 Å². The van der Waals surface area contributed by atoms with E-state index >= 15 is 0 Å². The van der Waals surface area contributed by atoms with Gasteiger partial charge in [0.1, 0.15) is 17.8 Å². The number of carbonyl (C=O) groups excluding carboxylic acids is 2. The maximum atomic E-state index is 11.0. The fraction of sp³-hybridized carbons (Fsp3) is 0.250. The quantitative estimate of drug-likeness (QED) is 0.380. The standard InChI is InChI=1S/C8H7Cl2N3O3S/c1-16-13-5(6(10)14)3-2-17-8(12-3)4(9)7(11)15/h2,4H,1H3,(H2,11,15)/b13-5-. The minimum Gasteiger partial charge on any atom is -0.398 e. The molecule has 1 rings (SSSR count). The minimum absolute atomic E-state index is 0.162. The molecule has 1 aromatic rings. The molecule has 1 atom stereocenters. The highest BCUT2D eigenvalue weighted by atomic mass is 35.5. The summed E-state index contributed by atoms with van der Waals surface area (Å²) >= 11 is 12.1. The van der Waals surface area contributed by atoms with E-state index < -0.39 is 16.5 Å². The van der Waals surface area contributed by atoms with Gasteiger partial charge in [-0.05, 0) is 11.6 Å². The van der Waals surface area contributed by atoms with Crippen LogP contribution < -0.4 is 5.73 Å². The molecule has 1 aromatic heterocycles. The lowest BCUT2D eigenvalue weighted by Crippen LogP contribution is -2.17. The Balaban J connectivity index is 3.05. The van der Waals surface area contributed by atoms with Gasteiger partial charge in [-0.2, -0.15) is 0 Å². The van der Waals surface area contributed by atoms with Crippen LogP contribution >= 0.6 is 34.5 Å². The van der Waals surface area contributed by atoms with Gasteiger partial charge < -0.3 is 10.6 Å². The number of nitrogens with zero attached hydrogens (tertiary/aromatic N) is 2. The first kappa shape index (κ1) is 13.9. The molecule has 9 heteroatoms. The molecule has 0 saturated heterocycles. The number of hydrogen-bond donors (Lipinski definition) is 1. The van der Waals surface area contributed by atoms with Gasteiger partial charge in [-0.1, -0.05) is 5.16 Å². The Morgan fingerprint density at radius 3 is 2.76 bits per heavy atom. The Morgan fingerprint density at radius 1 is 1.65 bits per heavy atom. The summed E-state index contributed by atoms with van der Waals surface area (Å²) in [7, 11) is 1.26. The van der Waals surface area contributed by atoms with Gasteiger partial charge in [-0.15, -0.1) is 22.9 Å². The maximum absolute atomic E-state index is 11.0. The predicted octanol–water partition coefficient (Wildman–Crippen LogP) is 1.02. The zero-order valence-corrected chi connectivity index (χ0v) is 10.8. The molecule has 6 nitrogen and oxygen atoms in total. The lowest BCUT2D eigenvalue weighted by Gasteiger charge is -1.99. The van der Waals surface area contributed by atoms with Crippen molar-refractivity contribution in [1.29, 1.82) is 0 Å². The van der Waals surface area contributed by atoms with E-state index in [-0.39, 0.29) is 16.4 Å². The molecule has 0 radical (unpaired) electrons. The Kier molecular flexibility index (Phi) is 4.86. The summed E-state index contributed by atoms with van der Waals surface area (Å²) in [6.45, 7) is 0. The Bertz CT molecular complexity index is 474. The average Bonchev–Trinajstić information content (AvgIpc) is 2.73. The number of hydrogen-bond acceptors (Lipinski definition) is 6. The normalized spacial score (nSPS) is 13.2. The number of halogens is 2. The van der Waals surface area contributed by atoms with Crippen LogP contribution in [0.3, 0.4) is 0 Å². The van der Waals surface area contributed by atoms with Gasteiger partial charge >= 0.3 is 0 Å². The van der Waals surface area contributed by atoms with E-state index in [2.05, 4.69) is 15.0 Å². The first-order valence-electron chi connectivity index (χ1n) is 4.17. The molecule has 0 saturated carbocycles. The van der Waals surface area contributed by atoms with Crippen LogP contribution in [0, 0.1) is 0 Å². The molecule has 0 aliphatic carbocycles. The van der Waals surface area contributed by atoms with Gasteiger partial charge in [0, 0.05) is 5.38 Å². The SMILES string of the molecule is CO/N=C(\C(=O)Cl)c1csc(C(Cl)C(N)=O)n1. The first-order chi connectivity index (χ1) is 7.97. The van der Waals surface area contributed by atoms with E-state index in [0.29, 0.717) is 0 Å². The zero-order valence-electron chi connectivity index (χ0n) is 8.52. The average molecular weight is 296 g/mol. The number of amides is 1. The monoisotopic (exact) mass is 295 g/mol. The summed E-state index contributed by atoms with van der Waals surface area (Å²) in [6.07, 6.45) is 0. The van der Waals surface area contributed by atoms with E-state index in [0.717, 1.165) is 11.3 Å². The number of alkyl halides is 1. The molecule has 0 bridgehead atoms. The number of rotatable bonds is 5. The summed E-state index contributed by atoms with van der Waals surface area (Å²) in [4.78, 5) is 30.3. The maximum Gasteiger partial charge on any atom is 0.276 e. The molecule has 1 amide bonds. The van der Waals surface area contributed by atoms with Crippen molar-refractivity contribution in [2.24, 2.45) is 10.9 Å². The molecule has 1 unspecified atom stereocenters. The molecule has 1 heterocycles. The van der Waals surface area contributed by atoms with Crippen molar-refractivity contribution in [2.75, 3.05) is 7.11 Å². The highest BCUT2D eigenvalue weighted by molar-refractivity contribution is 7.10. The van der Waals surface area contributed by atoms with Crippen LogP contribution in [0.5, 0.6) is 0 Å². The van der Waals surface area contributed by atoms with Crippen molar-refractivity contribution in [1.82, 2.24) is 4.98 Å². The van der Waals surface area contributed by atoms with Crippen molar-refractivity contribution in [3.63, 3.8) is 0 Å². The molecule has 2 N–H and O–H groups in total. The van der Waals surface area contributed by atoms with E-state index in [9.17, 15) is 9.59 Å². The number of nitrogens with two attached hydrogens (primary N) is 1. The number of primary amides is 1. The fourth-order valence-corrected chi connectivity index (χ4v) is 2.03. The molecule has 0 aliphatic rings. The molecule has 0 spiro atoms. The van der Waals surface area contributed by atoms with Crippen molar-refractivity contribution in [3.05, 3.63) is 16.1 Å². The summed E-state index contributed by atoms with van der Waals surface area (Å²) in [5.74, 6) is -0.727. The third kappa shape index (κ3) is 3.39. The van der Waals surface area contributed by atoms with Gasteiger partial charge in [0.2, 0.25) is 5.91 Å². The van der Waals surface area contributed by atoms with Crippen LogP contribution in [0.1, 0.15) is 16.1 Å². The van der Waals surface area contributed by atoms with Crippen molar-refractivity contribution < 1.29 is 14.4 Å². The molecule has 0 fully saturated rings. The molecular formula is C8H7Cl2N3O3S. The van der Waals surface area contributed by atoms with Gasteiger partial charge in [0.15, 0.2) is 11.1 Å². The van der Waals surface area contributed by atoms with Gasteiger partial charge in [0.05, 0.1) is 0 Å². The zero-order chi connectivity index (χ0) is 13.0. The summed E-state index contributed by atoms with van der Waals surface area (Å²) in [5, 5.41) is 3.29. The number of carbonyl (C=O) groups is 2. The smallest absolute Gasteiger partial charge is 0.276 e. The van der Waals surface area contributed by atoms with E-state index in [1.165, 1.54) is 12.5 Å². The Hall–Kier alpha value is -1.18.